The number of aromatic nitrogens is 2. The number of nitrogens with two attached hydrogens (primary N) is 1. The molecule has 0 bridgehead atoms. The number of aryl methyl sites for hydroxylation is 1. The zero-order valence-electron chi connectivity index (χ0n) is 10.8. The molecule has 5 nitrogen and oxygen atoms in total. The topological polar surface area (TPSA) is 68.2 Å². The normalized spacial score (nSPS) is 10.9. The van der Waals surface area contributed by atoms with E-state index >= 15 is 0 Å². The van der Waals surface area contributed by atoms with Crippen molar-refractivity contribution in [2.24, 2.45) is 17.8 Å². The van der Waals surface area contributed by atoms with Crippen LogP contribution in [0.1, 0.15) is 11.1 Å². The molecule has 1 aromatic carbocycles. The molecule has 19 heavy (non-hydrogen) atoms. The summed E-state index contributed by atoms with van der Waals surface area (Å²) in [4.78, 5) is 4.25. The van der Waals surface area contributed by atoms with Crippen molar-refractivity contribution in [1.29, 1.82) is 0 Å². The van der Waals surface area contributed by atoms with Crippen molar-refractivity contribution in [3.63, 3.8) is 0 Å². The molecule has 0 fully saturated rings. The van der Waals surface area contributed by atoms with Gasteiger partial charge >= 0.3 is 0 Å². The van der Waals surface area contributed by atoms with Crippen molar-refractivity contribution in [1.82, 2.24) is 15.1 Å². The van der Waals surface area contributed by atoms with Crippen molar-refractivity contribution in [3.8, 4) is 0 Å². The van der Waals surface area contributed by atoms with Crippen LogP contribution >= 0.6 is 24.0 Å². The van der Waals surface area contributed by atoms with Crippen molar-refractivity contribution in [2.75, 3.05) is 0 Å². The Morgan fingerprint density at radius 1 is 1.32 bits per heavy atom. The van der Waals surface area contributed by atoms with E-state index in [1.54, 1.807) is 10.9 Å². The summed E-state index contributed by atoms with van der Waals surface area (Å²) in [6, 6.07) is 10.1. The highest BCUT2D eigenvalue weighted by Crippen LogP contribution is 1.99. The van der Waals surface area contributed by atoms with Crippen LogP contribution in [0.3, 0.4) is 0 Å². The molecule has 102 valence electrons. The lowest BCUT2D eigenvalue weighted by atomic mass is 10.2. The molecule has 2 rings (SSSR count). The summed E-state index contributed by atoms with van der Waals surface area (Å²) >= 11 is 0. The summed E-state index contributed by atoms with van der Waals surface area (Å²) in [7, 11) is 1.88. The second-order valence-electron chi connectivity index (χ2n) is 4.06. The minimum absolute atomic E-state index is 0. The van der Waals surface area contributed by atoms with E-state index < -0.39 is 0 Å². The second kappa shape index (κ2) is 7.78. The number of hydrogen-bond acceptors (Lipinski definition) is 2. The Morgan fingerprint density at radius 2 is 2.05 bits per heavy atom. The highest BCUT2D eigenvalue weighted by molar-refractivity contribution is 14.0. The SMILES string of the molecule is Cn1cc(CN=C(N)NCc2ccccc2)cn1.I. The number of benzene rings is 1. The van der Waals surface area contributed by atoms with Gasteiger partial charge in [0.05, 0.1) is 12.7 Å². The van der Waals surface area contributed by atoms with Crippen molar-refractivity contribution in [2.45, 2.75) is 13.1 Å². The Labute approximate surface area is 129 Å². The average molecular weight is 371 g/mol. The molecule has 1 aromatic heterocycles. The number of hydrogen-bond donors (Lipinski definition) is 2. The monoisotopic (exact) mass is 371 g/mol. The van der Waals surface area contributed by atoms with E-state index in [4.69, 9.17) is 5.73 Å². The maximum Gasteiger partial charge on any atom is 0.189 e. The van der Waals surface area contributed by atoms with Gasteiger partial charge in [0.2, 0.25) is 0 Å². The maximum atomic E-state index is 5.79. The average Bonchev–Trinajstić information content (AvgIpc) is 2.81. The standard InChI is InChI=1S/C13H17N5.HI/c1-18-10-12(9-17-18)8-16-13(14)15-7-11-5-3-2-4-6-11;/h2-6,9-10H,7-8H2,1H3,(H3,14,15,16);1H. The van der Waals surface area contributed by atoms with E-state index in [0.717, 1.165) is 5.56 Å². The van der Waals surface area contributed by atoms with Crippen molar-refractivity contribution in [3.05, 3.63) is 53.9 Å². The van der Waals surface area contributed by atoms with E-state index in [-0.39, 0.29) is 24.0 Å². The number of guanidine groups is 1. The van der Waals surface area contributed by atoms with Crippen LogP contribution in [0.5, 0.6) is 0 Å². The van der Waals surface area contributed by atoms with Gasteiger partial charge in [0, 0.05) is 25.4 Å². The molecule has 2 aromatic rings. The smallest absolute Gasteiger partial charge is 0.189 e. The van der Waals surface area contributed by atoms with E-state index in [1.807, 2.05) is 43.6 Å². The molecule has 0 saturated heterocycles. The molecule has 0 amide bonds. The van der Waals surface area contributed by atoms with Gasteiger partial charge < -0.3 is 11.1 Å². The Bertz CT molecular complexity index is 521. The van der Waals surface area contributed by atoms with Gasteiger partial charge in [-0.05, 0) is 5.56 Å². The van der Waals surface area contributed by atoms with E-state index in [2.05, 4.69) is 15.4 Å². The van der Waals surface area contributed by atoms with Crippen molar-refractivity contribution >= 4 is 29.9 Å². The van der Waals surface area contributed by atoms with Gasteiger partial charge in [-0.25, -0.2) is 4.99 Å². The van der Waals surface area contributed by atoms with Gasteiger partial charge in [0.1, 0.15) is 0 Å². The molecule has 0 atom stereocenters. The van der Waals surface area contributed by atoms with E-state index in [9.17, 15) is 0 Å². The van der Waals surface area contributed by atoms with Crippen LogP contribution in [0.25, 0.3) is 0 Å². The number of halogens is 1. The molecule has 0 aliphatic rings. The highest BCUT2D eigenvalue weighted by Gasteiger charge is 1.96. The van der Waals surface area contributed by atoms with Crippen LogP contribution in [0.15, 0.2) is 47.7 Å². The fourth-order valence-corrected chi connectivity index (χ4v) is 1.57. The van der Waals surface area contributed by atoms with Crippen LogP contribution < -0.4 is 11.1 Å². The molecule has 0 spiro atoms. The van der Waals surface area contributed by atoms with Crippen LogP contribution in [0.2, 0.25) is 0 Å². The fourth-order valence-electron chi connectivity index (χ4n) is 1.57. The predicted molar refractivity (Wildman–Crippen MR) is 87.2 cm³/mol. The molecule has 6 heteroatoms. The summed E-state index contributed by atoms with van der Waals surface area (Å²) in [6.45, 7) is 1.23. The third-order valence-electron chi connectivity index (χ3n) is 2.51. The molecule has 1 heterocycles. The van der Waals surface area contributed by atoms with Crippen LogP contribution in [-0.2, 0) is 20.1 Å². The lowest BCUT2D eigenvalue weighted by Crippen LogP contribution is -2.31. The molecule has 0 aliphatic heterocycles. The molecular formula is C13H18IN5. The first-order chi connectivity index (χ1) is 8.74. The molecular weight excluding hydrogens is 353 g/mol. The fraction of sp³-hybridized carbons (Fsp3) is 0.231. The lowest BCUT2D eigenvalue weighted by Gasteiger charge is -2.05. The first-order valence-corrected chi connectivity index (χ1v) is 5.79. The highest BCUT2D eigenvalue weighted by atomic mass is 127. The third-order valence-corrected chi connectivity index (χ3v) is 2.51. The van der Waals surface area contributed by atoms with Gasteiger partial charge in [-0.15, -0.1) is 24.0 Å². The van der Waals surface area contributed by atoms with Crippen LogP contribution in [0.4, 0.5) is 0 Å². The van der Waals surface area contributed by atoms with Crippen LogP contribution in [-0.4, -0.2) is 15.7 Å². The minimum atomic E-state index is 0. The van der Waals surface area contributed by atoms with Gasteiger partial charge in [0.25, 0.3) is 0 Å². The lowest BCUT2D eigenvalue weighted by molar-refractivity contribution is 0.766. The molecule has 3 N–H and O–H groups in total. The molecule has 0 saturated carbocycles. The first-order valence-electron chi connectivity index (χ1n) is 5.79. The number of aliphatic imine (C=N–C) groups is 1. The first kappa shape index (κ1) is 15.5. The van der Waals surface area contributed by atoms with Gasteiger partial charge in [0.15, 0.2) is 5.96 Å². The van der Waals surface area contributed by atoms with Crippen LogP contribution in [0, 0.1) is 0 Å². The minimum Gasteiger partial charge on any atom is -0.370 e. The Kier molecular flexibility index (Phi) is 6.34. The van der Waals surface area contributed by atoms with Crippen molar-refractivity contribution < 1.29 is 0 Å². The molecule has 0 radical (unpaired) electrons. The summed E-state index contributed by atoms with van der Waals surface area (Å²) in [5.41, 5.74) is 8.01. The second-order valence-corrected chi connectivity index (χ2v) is 4.06. The Hall–Kier alpha value is -1.57. The zero-order chi connectivity index (χ0) is 12.8. The number of rotatable bonds is 4. The quantitative estimate of drug-likeness (QED) is 0.488. The van der Waals surface area contributed by atoms with Gasteiger partial charge in [-0.3, -0.25) is 4.68 Å². The predicted octanol–water partition coefficient (Wildman–Crippen LogP) is 1.64. The Morgan fingerprint density at radius 3 is 2.68 bits per heavy atom. The van der Waals surface area contributed by atoms with Gasteiger partial charge in [-0.2, -0.15) is 5.10 Å². The van der Waals surface area contributed by atoms with E-state index in [0.29, 0.717) is 19.0 Å². The number of nitrogens with zero attached hydrogens (tertiary/aromatic N) is 3. The van der Waals surface area contributed by atoms with E-state index in [1.165, 1.54) is 5.56 Å². The zero-order valence-corrected chi connectivity index (χ0v) is 13.1. The third kappa shape index (κ3) is 5.29. The summed E-state index contributed by atoms with van der Waals surface area (Å²) < 4.78 is 1.75. The molecule has 0 aliphatic carbocycles. The summed E-state index contributed by atoms with van der Waals surface area (Å²) in [6.07, 6.45) is 3.71. The maximum absolute atomic E-state index is 5.79. The Balaban J connectivity index is 0.00000180. The summed E-state index contributed by atoms with van der Waals surface area (Å²) in [5.74, 6) is 0.447. The van der Waals surface area contributed by atoms with Gasteiger partial charge in [-0.1, -0.05) is 30.3 Å². The summed E-state index contributed by atoms with van der Waals surface area (Å²) in [5, 5.41) is 7.15. The number of nitrogens with one attached hydrogen (secondary N) is 1. The largest absolute Gasteiger partial charge is 0.370 e. The molecule has 0 unspecified atom stereocenters.